The number of carboxylic acid groups (broad SMARTS) is 1. The summed E-state index contributed by atoms with van der Waals surface area (Å²) in [6, 6.07) is -1.59. The summed E-state index contributed by atoms with van der Waals surface area (Å²) < 4.78 is 68.4. The van der Waals surface area contributed by atoms with E-state index in [0.29, 0.717) is 19.3 Å². The van der Waals surface area contributed by atoms with E-state index in [1.807, 2.05) is 6.92 Å². The molecule has 16 nitrogen and oxygen atoms in total. The quantitative estimate of drug-likeness (QED) is 0.118. The van der Waals surface area contributed by atoms with Crippen LogP contribution in [0.15, 0.2) is 0 Å². The topological polar surface area (TPSA) is 243 Å². The van der Waals surface area contributed by atoms with E-state index in [1.54, 1.807) is 0 Å². The molecule has 0 bridgehead atoms. The number of hydrogen-bond donors (Lipinski definition) is 8. The Kier molecular flexibility index (Phi) is 14.8. The number of amides is 2. The number of halogens is 3. The maximum Gasteiger partial charge on any atom is 0.471 e. The van der Waals surface area contributed by atoms with Crippen molar-refractivity contribution < 1.29 is 81.9 Å². The number of alkyl halides is 3. The van der Waals surface area contributed by atoms with Crippen molar-refractivity contribution in [3.05, 3.63) is 0 Å². The molecular formula is C32H51F3N2O14. The average Bonchev–Trinajstić information content (AvgIpc) is 3.08. The first kappa shape index (κ1) is 41.6. The number of hydrogen-bond acceptors (Lipinski definition) is 13. The number of carbonyl (C=O) groups excluding carboxylic acids is 2. The van der Waals surface area contributed by atoms with Gasteiger partial charge in [-0.2, -0.15) is 13.2 Å². The molecule has 0 spiro atoms. The minimum absolute atomic E-state index is 0.00974. The van der Waals surface area contributed by atoms with E-state index in [0.717, 1.165) is 32.1 Å². The summed E-state index contributed by atoms with van der Waals surface area (Å²) in [5, 5.41) is 66.4. The third-order valence-corrected chi connectivity index (χ3v) is 10.2. The van der Waals surface area contributed by atoms with Gasteiger partial charge in [-0.25, -0.2) is 4.79 Å². The van der Waals surface area contributed by atoms with Gasteiger partial charge in [0.15, 0.2) is 18.7 Å². The Hall–Kier alpha value is -2.20. The van der Waals surface area contributed by atoms with Crippen LogP contribution in [0.2, 0.25) is 0 Å². The number of carbonyl (C=O) groups is 3. The Morgan fingerprint density at radius 3 is 2.16 bits per heavy atom. The van der Waals surface area contributed by atoms with Gasteiger partial charge in [-0.3, -0.25) is 9.59 Å². The van der Waals surface area contributed by atoms with E-state index in [-0.39, 0.29) is 18.3 Å². The SMILES string of the molecule is CC1O[C@@H](OC2[C@H](C)CCC[C@H]2O[C@@H]2O[C@@H](CO)[C@H](O)C(O[C@@H](CC3CCCCC3)C(=O)O)C2NC(=O)CNC(=O)C(F)(F)F)C(O)[C@@H](O)[C@@H]1O. The summed E-state index contributed by atoms with van der Waals surface area (Å²) in [6.07, 6.45) is -16.0. The maximum absolute atomic E-state index is 13.0. The minimum Gasteiger partial charge on any atom is -0.479 e. The van der Waals surface area contributed by atoms with Gasteiger partial charge < -0.3 is 65.0 Å². The standard InChI is InChI=1S/C32H51F3N2O14/c1-14-7-6-10-17(26(14)51-30-25(43)24(42)22(40)15(2)47-30)49-29-21(37-20(39)12-36-31(46)32(33,34)35)27(23(41)19(13-38)50-29)48-18(28(44)45)11-16-8-4-3-5-9-16/h14-19,21-27,29-30,38,40-43H,3-13H2,1-2H3,(H,36,46)(H,37,39)(H,44,45)/t14-,15?,17-,18+,19+,21?,22-,23+,24+,25?,26?,27?,29-,30+/m1/s1. The largest absolute Gasteiger partial charge is 0.479 e. The highest BCUT2D eigenvalue weighted by molar-refractivity contribution is 5.87. The maximum atomic E-state index is 13.0. The highest BCUT2D eigenvalue weighted by Crippen LogP contribution is 2.36. The van der Waals surface area contributed by atoms with Crippen molar-refractivity contribution in [2.45, 2.75) is 157 Å². The van der Waals surface area contributed by atoms with Crippen molar-refractivity contribution in [1.82, 2.24) is 10.6 Å². The van der Waals surface area contributed by atoms with Crippen LogP contribution in [-0.2, 0) is 38.1 Å². The Morgan fingerprint density at radius 1 is 0.843 bits per heavy atom. The lowest BCUT2D eigenvalue weighted by Crippen LogP contribution is -2.67. The molecule has 8 N–H and O–H groups in total. The lowest BCUT2D eigenvalue weighted by Gasteiger charge is -2.48. The zero-order chi connectivity index (χ0) is 37.6. The first-order chi connectivity index (χ1) is 24.0. The second-order valence-electron chi connectivity index (χ2n) is 14.0. The van der Waals surface area contributed by atoms with Gasteiger partial charge in [-0.15, -0.1) is 0 Å². The van der Waals surface area contributed by atoms with Gasteiger partial charge in [0, 0.05) is 0 Å². The van der Waals surface area contributed by atoms with Gasteiger partial charge in [0.1, 0.15) is 42.7 Å². The van der Waals surface area contributed by atoms with Gasteiger partial charge >= 0.3 is 18.1 Å². The van der Waals surface area contributed by atoms with Gasteiger partial charge in [-0.05, 0) is 38.0 Å². The van der Waals surface area contributed by atoms with Crippen LogP contribution in [0.25, 0.3) is 0 Å². The van der Waals surface area contributed by atoms with E-state index in [2.05, 4.69) is 5.32 Å². The summed E-state index contributed by atoms with van der Waals surface area (Å²) in [5.41, 5.74) is 0. The molecule has 2 saturated heterocycles. The predicted molar refractivity (Wildman–Crippen MR) is 165 cm³/mol. The molecule has 0 aromatic carbocycles. The van der Waals surface area contributed by atoms with Crippen molar-refractivity contribution in [2.75, 3.05) is 13.2 Å². The Bertz CT molecular complexity index is 1160. The Labute approximate surface area is 292 Å². The zero-order valence-corrected chi connectivity index (χ0v) is 28.5. The van der Waals surface area contributed by atoms with Crippen LogP contribution >= 0.6 is 0 Å². The third kappa shape index (κ3) is 10.7. The molecule has 2 aliphatic carbocycles. The number of nitrogens with one attached hydrogen (secondary N) is 2. The summed E-state index contributed by atoms with van der Waals surface area (Å²) in [6.45, 7) is 1.34. The molecule has 294 valence electrons. The molecule has 2 heterocycles. The number of aliphatic hydroxyl groups excluding tert-OH is 5. The number of aliphatic hydroxyl groups is 5. The summed E-state index contributed by atoms with van der Waals surface area (Å²) in [7, 11) is 0. The van der Waals surface area contributed by atoms with E-state index < -0.39 is 117 Å². The fraction of sp³-hybridized carbons (Fsp3) is 0.906. The second-order valence-corrected chi connectivity index (χ2v) is 14.0. The summed E-state index contributed by atoms with van der Waals surface area (Å²) in [5.74, 6) is -5.19. The number of aliphatic carboxylic acids is 1. The lowest BCUT2D eigenvalue weighted by atomic mass is 9.85. The first-order valence-corrected chi connectivity index (χ1v) is 17.5. The fourth-order valence-corrected chi connectivity index (χ4v) is 7.28. The molecule has 0 aromatic rings. The van der Waals surface area contributed by atoms with Gasteiger partial charge in [0.05, 0.1) is 31.5 Å². The van der Waals surface area contributed by atoms with E-state index >= 15 is 0 Å². The summed E-state index contributed by atoms with van der Waals surface area (Å²) >= 11 is 0. The molecule has 4 aliphatic rings. The Morgan fingerprint density at radius 2 is 1.53 bits per heavy atom. The molecule has 19 heteroatoms. The Balaban J connectivity index is 1.61. The van der Waals surface area contributed by atoms with Gasteiger partial charge in [0.25, 0.3) is 0 Å². The normalized spacial score (nSPS) is 38.8. The highest BCUT2D eigenvalue weighted by Gasteiger charge is 2.52. The van der Waals surface area contributed by atoms with Crippen molar-refractivity contribution in [1.29, 1.82) is 0 Å². The number of rotatable bonds is 13. The van der Waals surface area contributed by atoms with Crippen LogP contribution in [0, 0.1) is 11.8 Å². The molecule has 14 atom stereocenters. The van der Waals surface area contributed by atoms with E-state index in [4.69, 9.17) is 23.7 Å². The monoisotopic (exact) mass is 744 g/mol. The van der Waals surface area contributed by atoms with Gasteiger partial charge in [0.2, 0.25) is 5.91 Å². The smallest absolute Gasteiger partial charge is 0.471 e. The van der Waals surface area contributed by atoms with Crippen molar-refractivity contribution >= 4 is 17.8 Å². The molecular weight excluding hydrogens is 693 g/mol. The molecule has 4 rings (SSSR count). The van der Waals surface area contributed by atoms with E-state index in [1.165, 1.54) is 12.2 Å². The predicted octanol–water partition coefficient (Wildman–Crippen LogP) is -0.545. The van der Waals surface area contributed by atoms with Crippen LogP contribution in [0.4, 0.5) is 13.2 Å². The third-order valence-electron chi connectivity index (χ3n) is 10.2. The zero-order valence-electron chi connectivity index (χ0n) is 28.5. The van der Waals surface area contributed by atoms with Gasteiger partial charge in [-0.1, -0.05) is 45.4 Å². The molecule has 2 aliphatic heterocycles. The molecule has 0 radical (unpaired) electrons. The van der Waals surface area contributed by atoms with Crippen molar-refractivity contribution in [3.8, 4) is 0 Å². The molecule has 2 amide bonds. The van der Waals surface area contributed by atoms with Crippen LogP contribution in [0.5, 0.6) is 0 Å². The molecule has 5 unspecified atom stereocenters. The number of ether oxygens (including phenoxy) is 5. The molecule has 2 saturated carbocycles. The lowest BCUT2D eigenvalue weighted by molar-refractivity contribution is -0.336. The van der Waals surface area contributed by atoms with E-state index in [9.17, 15) is 58.2 Å². The van der Waals surface area contributed by atoms with Crippen LogP contribution in [0.1, 0.15) is 71.6 Å². The van der Waals surface area contributed by atoms with Crippen LogP contribution < -0.4 is 10.6 Å². The summed E-state index contributed by atoms with van der Waals surface area (Å²) in [4.78, 5) is 36.8. The first-order valence-electron chi connectivity index (χ1n) is 17.5. The van der Waals surface area contributed by atoms with Crippen molar-refractivity contribution in [3.63, 3.8) is 0 Å². The average molecular weight is 745 g/mol. The fourth-order valence-electron chi connectivity index (χ4n) is 7.28. The van der Waals surface area contributed by atoms with Crippen molar-refractivity contribution in [2.24, 2.45) is 11.8 Å². The molecule has 4 fully saturated rings. The molecule has 0 aromatic heterocycles. The number of carboxylic acids is 1. The molecule has 51 heavy (non-hydrogen) atoms. The minimum atomic E-state index is -5.28. The second kappa shape index (κ2) is 18.2. The van der Waals surface area contributed by atoms with Crippen LogP contribution in [-0.4, -0.2) is 147 Å². The van der Waals surface area contributed by atoms with Crippen LogP contribution in [0.3, 0.4) is 0 Å². The highest BCUT2D eigenvalue weighted by atomic mass is 19.4.